The molecule has 1 saturated heterocycles. The minimum Gasteiger partial charge on any atom is -0.343 e. The maximum absolute atomic E-state index is 12.3. The summed E-state index contributed by atoms with van der Waals surface area (Å²) in [6.07, 6.45) is 8.32. The number of hydrogen-bond acceptors (Lipinski definition) is 2. The summed E-state index contributed by atoms with van der Waals surface area (Å²) in [5.74, 6) is 0.847. The molecule has 1 saturated carbocycles. The van der Waals surface area contributed by atoms with Gasteiger partial charge in [0.05, 0.1) is 0 Å². The van der Waals surface area contributed by atoms with Gasteiger partial charge in [-0.15, -0.1) is 0 Å². The second-order valence-corrected chi connectivity index (χ2v) is 5.97. The number of hydrogen-bond donors (Lipinski definition) is 1. The van der Waals surface area contributed by atoms with Gasteiger partial charge in [0.2, 0.25) is 11.8 Å². The van der Waals surface area contributed by atoms with E-state index >= 15 is 0 Å². The Morgan fingerprint density at radius 3 is 2.53 bits per heavy atom. The molecule has 1 aliphatic carbocycles. The molecule has 1 heterocycles. The Bertz CT molecular complexity index is 337. The quantitative estimate of drug-likeness (QED) is 0.847. The van der Waals surface area contributed by atoms with Gasteiger partial charge in [0, 0.05) is 6.54 Å². The van der Waals surface area contributed by atoms with Crippen LogP contribution < -0.4 is 5.32 Å². The largest absolute Gasteiger partial charge is 0.343 e. The Labute approximate surface area is 115 Å². The number of carbonyl (C=O) groups is 2. The van der Waals surface area contributed by atoms with Crippen LogP contribution in [0.4, 0.5) is 0 Å². The van der Waals surface area contributed by atoms with Crippen molar-refractivity contribution in [3.8, 4) is 0 Å². The second-order valence-electron chi connectivity index (χ2n) is 5.97. The summed E-state index contributed by atoms with van der Waals surface area (Å²) in [6, 6.07) is -0.617. The van der Waals surface area contributed by atoms with Crippen LogP contribution in [0.2, 0.25) is 0 Å². The lowest BCUT2D eigenvalue weighted by Crippen LogP contribution is -2.62. The summed E-state index contributed by atoms with van der Waals surface area (Å²) in [5.41, 5.74) is 0. The van der Waals surface area contributed by atoms with E-state index in [4.69, 9.17) is 0 Å². The van der Waals surface area contributed by atoms with E-state index in [1.54, 1.807) is 4.90 Å². The highest BCUT2D eigenvalue weighted by atomic mass is 16.2. The molecule has 2 unspecified atom stereocenters. The fourth-order valence-corrected chi connectivity index (χ4v) is 3.26. The predicted octanol–water partition coefficient (Wildman–Crippen LogP) is 2.08. The SMILES string of the molecule is CCC1NC(=O)C(C)N(CCC2CCCCC2)C1=O. The lowest BCUT2D eigenvalue weighted by molar-refractivity contribution is -0.148. The third kappa shape index (κ3) is 3.28. The lowest BCUT2D eigenvalue weighted by atomic mass is 9.86. The van der Waals surface area contributed by atoms with Gasteiger partial charge in [-0.2, -0.15) is 0 Å². The molecule has 4 nitrogen and oxygen atoms in total. The van der Waals surface area contributed by atoms with Gasteiger partial charge in [0.15, 0.2) is 0 Å². The van der Waals surface area contributed by atoms with Crippen LogP contribution in [0.25, 0.3) is 0 Å². The summed E-state index contributed by atoms with van der Waals surface area (Å²) >= 11 is 0. The van der Waals surface area contributed by atoms with E-state index < -0.39 is 0 Å². The number of carbonyl (C=O) groups excluding carboxylic acids is 2. The first-order valence-corrected chi connectivity index (χ1v) is 7.74. The molecule has 0 bridgehead atoms. The summed E-state index contributed by atoms with van der Waals surface area (Å²) < 4.78 is 0. The normalized spacial score (nSPS) is 29.5. The van der Waals surface area contributed by atoms with Crippen molar-refractivity contribution in [2.24, 2.45) is 5.92 Å². The van der Waals surface area contributed by atoms with E-state index in [-0.39, 0.29) is 23.9 Å². The molecule has 19 heavy (non-hydrogen) atoms. The first kappa shape index (κ1) is 14.4. The molecule has 108 valence electrons. The number of rotatable bonds is 4. The molecule has 0 aromatic rings. The Kier molecular flexibility index (Phi) is 4.83. The van der Waals surface area contributed by atoms with E-state index in [0.717, 1.165) is 18.9 Å². The van der Waals surface area contributed by atoms with Gasteiger partial charge < -0.3 is 10.2 Å². The van der Waals surface area contributed by atoms with Crippen LogP contribution in [0.3, 0.4) is 0 Å². The van der Waals surface area contributed by atoms with Gasteiger partial charge in [-0.25, -0.2) is 0 Å². The molecule has 4 heteroatoms. The summed E-state index contributed by atoms with van der Waals surface area (Å²) in [7, 11) is 0. The molecule has 0 spiro atoms. The van der Waals surface area contributed by atoms with Crippen molar-refractivity contribution in [1.82, 2.24) is 10.2 Å². The van der Waals surface area contributed by atoms with E-state index in [9.17, 15) is 9.59 Å². The molecule has 1 aliphatic heterocycles. The monoisotopic (exact) mass is 266 g/mol. The molecule has 0 radical (unpaired) electrons. The zero-order valence-corrected chi connectivity index (χ0v) is 12.2. The Morgan fingerprint density at radius 2 is 1.89 bits per heavy atom. The van der Waals surface area contributed by atoms with Crippen molar-refractivity contribution < 1.29 is 9.59 Å². The van der Waals surface area contributed by atoms with Crippen molar-refractivity contribution in [3.63, 3.8) is 0 Å². The first-order valence-electron chi connectivity index (χ1n) is 7.74. The number of nitrogens with zero attached hydrogens (tertiary/aromatic N) is 1. The molecule has 2 fully saturated rings. The van der Waals surface area contributed by atoms with E-state index in [1.807, 2.05) is 13.8 Å². The fraction of sp³-hybridized carbons (Fsp3) is 0.867. The Balaban J connectivity index is 1.91. The molecular weight excluding hydrogens is 240 g/mol. The second kappa shape index (κ2) is 6.40. The molecular formula is C15H26N2O2. The average molecular weight is 266 g/mol. The van der Waals surface area contributed by atoms with Crippen LogP contribution in [0.15, 0.2) is 0 Å². The average Bonchev–Trinajstić information content (AvgIpc) is 2.44. The molecule has 2 rings (SSSR count). The first-order chi connectivity index (χ1) is 9.13. The van der Waals surface area contributed by atoms with Crippen LogP contribution in [-0.4, -0.2) is 35.3 Å². The zero-order chi connectivity index (χ0) is 13.8. The molecule has 2 aliphatic rings. The van der Waals surface area contributed by atoms with Crippen molar-refractivity contribution in [2.75, 3.05) is 6.54 Å². The Hall–Kier alpha value is -1.06. The third-order valence-corrected chi connectivity index (χ3v) is 4.66. The van der Waals surface area contributed by atoms with Crippen LogP contribution >= 0.6 is 0 Å². The van der Waals surface area contributed by atoms with Crippen molar-refractivity contribution in [2.45, 2.75) is 70.9 Å². The highest BCUT2D eigenvalue weighted by molar-refractivity contribution is 5.96. The van der Waals surface area contributed by atoms with Crippen molar-refractivity contribution >= 4 is 11.8 Å². The number of nitrogens with one attached hydrogen (secondary N) is 1. The molecule has 0 aromatic heterocycles. The summed E-state index contributed by atoms with van der Waals surface area (Å²) in [5, 5.41) is 2.80. The summed E-state index contributed by atoms with van der Waals surface area (Å²) in [4.78, 5) is 26.0. The highest BCUT2D eigenvalue weighted by Gasteiger charge is 2.36. The minimum atomic E-state index is -0.310. The van der Waals surface area contributed by atoms with Gasteiger partial charge in [0.25, 0.3) is 0 Å². The third-order valence-electron chi connectivity index (χ3n) is 4.66. The molecule has 0 aromatic carbocycles. The van der Waals surface area contributed by atoms with Gasteiger partial charge in [-0.3, -0.25) is 9.59 Å². The van der Waals surface area contributed by atoms with E-state index in [2.05, 4.69) is 5.32 Å². The van der Waals surface area contributed by atoms with Gasteiger partial charge in [0.1, 0.15) is 12.1 Å². The zero-order valence-electron chi connectivity index (χ0n) is 12.2. The van der Waals surface area contributed by atoms with Gasteiger partial charge >= 0.3 is 0 Å². The maximum atomic E-state index is 12.3. The van der Waals surface area contributed by atoms with Gasteiger partial charge in [-0.05, 0) is 25.7 Å². The smallest absolute Gasteiger partial charge is 0.245 e. The summed E-state index contributed by atoms with van der Waals surface area (Å²) in [6.45, 7) is 4.52. The van der Waals surface area contributed by atoms with Crippen LogP contribution in [0.1, 0.15) is 58.8 Å². The molecule has 1 N–H and O–H groups in total. The predicted molar refractivity (Wildman–Crippen MR) is 74.6 cm³/mol. The van der Waals surface area contributed by atoms with Crippen LogP contribution in [0.5, 0.6) is 0 Å². The fourth-order valence-electron chi connectivity index (χ4n) is 3.26. The lowest BCUT2D eigenvalue weighted by Gasteiger charge is -2.38. The minimum absolute atomic E-state index is 0.00454. The van der Waals surface area contributed by atoms with E-state index in [1.165, 1.54) is 32.1 Å². The number of piperazine rings is 1. The van der Waals surface area contributed by atoms with Crippen molar-refractivity contribution in [3.05, 3.63) is 0 Å². The van der Waals surface area contributed by atoms with Gasteiger partial charge in [-0.1, -0.05) is 39.0 Å². The Morgan fingerprint density at radius 1 is 1.21 bits per heavy atom. The molecule has 2 atom stereocenters. The maximum Gasteiger partial charge on any atom is 0.245 e. The molecule has 2 amide bonds. The van der Waals surface area contributed by atoms with E-state index in [0.29, 0.717) is 6.42 Å². The number of amides is 2. The van der Waals surface area contributed by atoms with Crippen LogP contribution in [-0.2, 0) is 9.59 Å². The standard InChI is InChI=1S/C15H26N2O2/c1-3-13-15(19)17(11(2)14(18)16-13)10-9-12-7-5-4-6-8-12/h11-13H,3-10H2,1-2H3,(H,16,18). The van der Waals surface area contributed by atoms with Crippen molar-refractivity contribution in [1.29, 1.82) is 0 Å². The topological polar surface area (TPSA) is 49.4 Å². The highest BCUT2D eigenvalue weighted by Crippen LogP contribution is 2.27. The van der Waals surface area contributed by atoms with Crippen LogP contribution in [0, 0.1) is 5.92 Å².